The van der Waals surface area contributed by atoms with Crippen molar-refractivity contribution in [3.63, 3.8) is 0 Å². The van der Waals surface area contributed by atoms with E-state index < -0.39 is 0 Å². The normalized spacial score (nSPS) is 10.6. The fourth-order valence-corrected chi connectivity index (χ4v) is 2.67. The number of hydrogen-bond donors (Lipinski definition) is 0. The van der Waals surface area contributed by atoms with Crippen molar-refractivity contribution < 1.29 is 4.74 Å². The lowest BCUT2D eigenvalue weighted by Crippen LogP contribution is -2.02. The van der Waals surface area contributed by atoms with Gasteiger partial charge in [-0.1, -0.05) is 6.92 Å². The molecule has 0 amide bonds. The van der Waals surface area contributed by atoms with Gasteiger partial charge >= 0.3 is 0 Å². The number of nitrogens with zero attached hydrogens (tertiary/aromatic N) is 1. The molecule has 0 unspecified atom stereocenters. The first kappa shape index (κ1) is 14.9. The molecule has 0 aliphatic heterocycles. The van der Waals surface area contributed by atoms with E-state index in [0.29, 0.717) is 0 Å². The van der Waals surface area contributed by atoms with Gasteiger partial charge in [0.25, 0.3) is 0 Å². The molecule has 96 valence electrons. The maximum Gasteiger partial charge on any atom is 0.0557 e. The Labute approximate surface area is 113 Å². The van der Waals surface area contributed by atoms with Crippen molar-refractivity contribution in [3.05, 3.63) is 30.1 Å². The standard InChI is InChI=1S/C13H21NOS2/c1-2-16-11-8-15-9-12-17-10-5-13-3-6-14-7-4-13/h3-4,6-7H,2,5,8-12H2,1H3. The molecular weight excluding hydrogens is 250 g/mol. The maximum absolute atomic E-state index is 5.54. The van der Waals surface area contributed by atoms with Crippen LogP contribution < -0.4 is 0 Å². The Bertz CT molecular complexity index is 269. The van der Waals surface area contributed by atoms with Gasteiger partial charge in [0, 0.05) is 23.9 Å². The van der Waals surface area contributed by atoms with Crippen molar-refractivity contribution in [1.29, 1.82) is 0 Å². The minimum absolute atomic E-state index is 0.880. The molecule has 0 spiro atoms. The molecule has 0 aliphatic rings. The van der Waals surface area contributed by atoms with Crippen LogP contribution in [0.4, 0.5) is 0 Å². The fourth-order valence-electron chi connectivity index (χ4n) is 1.32. The molecule has 0 aliphatic carbocycles. The van der Waals surface area contributed by atoms with E-state index in [2.05, 4.69) is 24.0 Å². The molecule has 0 atom stereocenters. The van der Waals surface area contributed by atoms with Crippen LogP contribution in [-0.2, 0) is 11.2 Å². The van der Waals surface area contributed by atoms with Gasteiger partial charge in [0.2, 0.25) is 0 Å². The second-order valence-corrected chi connectivity index (χ2v) is 6.15. The summed E-state index contributed by atoms with van der Waals surface area (Å²) in [6.45, 7) is 3.95. The Hall–Kier alpha value is -0.190. The number of thioether (sulfide) groups is 2. The molecule has 0 saturated heterocycles. The molecule has 1 rings (SSSR count). The van der Waals surface area contributed by atoms with Crippen LogP contribution in [0, 0.1) is 0 Å². The summed E-state index contributed by atoms with van der Waals surface area (Å²) in [6.07, 6.45) is 4.84. The van der Waals surface area contributed by atoms with E-state index in [1.807, 2.05) is 35.9 Å². The van der Waals surface area contributed by atoms with Gasteiger partial charge in [-0.3, -0.25) is 4.98 Å². The fraction of sp³-hybridized carbons (Fsp3) is 0.615. The Kier molecular flexibility index (Phi) is 9.56. The highest BCUT2D eigenvalue weighted by Gasteiger charge is 1.94. The molecule has 2 nitrogen and oxygen atoms in total. The van der Waals surface area contributed by atoms with Crippen LogP contribution in [0.2, 0.25) is 0 Å². The van der Waals surface area contributed by atoms with E-state index in [1.165, 1.54) is 11.3 Å². The number of pyridine rings is 1. The lowest BCUT2D eigenvalue weighted by Gasteiger charge is -2.04. The van der Waals surface area contributed by atoms with E-state index in [9.17, 15) is 0 Å². The van der Waals surface area contributed by atoms with Crippen LogP contribution in [0.25, 0.3) is 0 Å². The van der Waals surface area contributed by atoms with E-state index >= 15 is 0 Å². The highest BCUT2D eigenvalue weighted by molar-refractivity contribution is 7.99. The maximum atomic E-state index is 5.54. The lowest BCUT2D eigenvalue weighted by molar-refractivity contribution is 0.167. The third-order valence-corrected chi connectivity index (χ3v) is 4.04. The molecule has 0 fully saturated rings. The smallest absolute Gasteiger partial charge is 0.0557 e. The Morgan fingerprint density at radius 3 is 2.47 bits per heavy atom. The molecule has 4 heteroatoms. The zero-order valence-electron chi connectivity index (χ0n) is 10.4. The number of rotatable bonds is 10. The van der Waals surface area contributed by atoms with E-state index in [4.69, 9.17) is 4.74 Å². The first-order valence-corrected chi connectivity index (χ1v) is 8.36. The summed E-state index contributed by atoms with van der Waals surface area (Å²) >= 11 is 3.90. The van der Waals surface area contributed by atoms with Crippen LogP contribution in [0.1, 0.15) is 12.5 Å². The van der Waals surface area contributed by atoms with Gasteiger partial charge in [-0.25, -0.2) is 0 Å². The predicted octanol–water partition coefficient (Wildman–Crippen LogP) is 3.13. The molecule has 0 bridgehead atoms. The van der Waals surface area contributed by atoms with Gasteiger partial charge < -0.3 is 4.74 Å². The Balaban J connectivity index is 1.85. The van der Waals surface area contributed by atoms with Crippen molar-refractivity contribution in [2.45, 2.75) is 13.3 Å². The summed E-state index contributed by atoms with van der Waals surface area (Å²) in [5.74, 6) is 4.57. The summed E-state index contributed by atoms with van der Waals surface area (Å²) in [5, 5.41) is 0. The quantitative estimate of drug-likeness (QED) is 0.610. The van der Waals surface area contributed by atoms with E-state index in [0.717, 1.165) is 36.9 Å². The molecular formula is C13H21NOS2. The van der Waals surface area contributed by atoms with Crippen molar-refractivity contribution in [1.82, 2.24) is 4.98 Å². The zero-order chi connectivity index (χ0) is 12.2. The van der Waals surface area contributed by atoms with Crippen molar-refractivity contribution in [2.75, 3.05) is 36.2 Å². The predicted molar refractivity (Wildman–Crippen MR) is 79.1 cm³/mol. The topological polar surface area (TPSA) is 22.1 Å². The van der Waals surface area contributed by atoms with Gasteiger partial charge in [0.15, 0.2) is 0 Å². The summed E-state index contributed by atoms with van der Waals surface area (Å²) in [4.78, 5) is 4.01. The number of hydrogen-bond acceptors (Lipinski definition) is 4. The second kappa shape index (κ2) is 10.9. The van der Waals surface area contributed by atoms with Crippen LogP contribution in [0.3, 0.4) is 0 Å². The average Bonchev–Trinajstić information content (AvgIpc) is 2.38. The minimum atomic E-state index is 0.880. The SMILES string of the molecule is CCSCCOCCSCCc1ccncc1. The summed E-state index contributed by atoms with van der Waals surface area (Å²) in [6, 6.07) is 4.16. The summed E-state index contributed by atoms with van der Waals surface area (Å²) in [5.41, 5.74) is 1.37. The molecule has 0 aromatic carbocycles. The third-order valence-electron chi connectivity index (χ3n) is 2.23. The van der Waals surface area contributed by atoms with Crippen molar-refractivity contribution in [3.8, 4) is 0 Å². The van der Waals surface area contributed by atoms with Crippen LogP contribution >= 0.6 is 23.5 Å². The van der Waals surface area contributed by atoms with Crippen molar-refractivity contribution in [2.24, 2.45) is 0 Å². The van der Waals surface area contributed by atoms with Crippen LogP contribution in [0.5, 0.6) is 0 Å². The van der Waals surface area contributed by atoms with Crippen molar-refractivity contribution >= 4 is 23.5 Å². The third kappa shape index (κ3) is 8.52. The number of aromatic nitrogens is 1. The average molecular weight is 271 g/mol. The second-order valence-electron chi connectivity index (χ2n) is 3.53. The van der Waals surface area contributed by atoms with Crippen LogP contribution in [0.15, 0.2) is 24.5 Å². The molecule has 1 aromatic heterocycles. The highest BCUT2D eigenvalue weighted by atomic mass is 32.2. The minimum Gasteiger partial charge on any atom is -0.380 e. The van der Waals surface area contributed by atoms with E-state index in [-0.39, 0.29) is 0 Å². The molecule has 0 N–H and O–H groups in total. The number of ether oxygens (including phenoxy) is 1. The zero-order valence-corrected chi connectivity index (χ0v) is 12.1. The monoisotopic (exact) mass is 271 g/mol. The summed E-state index contributed by atoms with van der Waals surface area (Å²) < 4.78 is 5.54. The first-order chi connectivity index (χ1) is 8.43. The van der Waals surface area contributed by atoms with Crippen LogP contribution in [-0.4, -0.2) is 41.2 Å². The molecule has 1 heterocycles. The summed E-state index contributed by atoms with van der Waals surface area (Å²) in [7, 11) is 0. The van der Waals surface area contributed by atoms with Gasteiger partial charge in [0.1, 0.15) is 0 Å². The van der Waals surface area contributed by atoms with Gasteiger partial charge in [-0.05, 0) is 35.6 Å². The van der Waals surface area contributed by atoms with E-state index in [1.54, 1.807) is 0 Å². The molecule has 0 saturated carbocycles. The van der Waals surface area contributed by atoms with Gasteiger partial charge in [-0.15, -0.1) is 0 Å². The Morgan fingerprint density at radius 2 is 1.76 bits per heavy atom. The largest absolute Gasteiger partial charge is 0.380 e. The molecule has 17 heavy (non-hydrogen) atoms. The molecule has 0 radical (unpaired) electrons. The molecule has 1 aromatic rings. The lowest BCUT2D eigenvalue weighted by atomic mass is 10.2. The van der Waals surface area contributed by atoms with Gasteiger partial charge in [0.05, 0.1) is 13.2 Å². The van der Waals surface area contributed by atoms with Gasteiger partial charge in [-0.2, -0.15) is 23.5 Å². The highest BCUT2D eigenvalue weighted by Crippen LogP contribution is 2.06. The first-order valence-electron chi connectivity index (χ1n) is 6.05. The Morgan fingerprint density at radius 1 is 1.06 bits per heavy atom. The number of aryl methyl sites for hydroxylation is 1.